The van der Waals surface area contributed by atoms with E-state index in [0.29, 0.717) is 23.6 Å². The van der Waals surface area contributed by atoms with Crippen LogP contribution in [0.5, 0.6) is 11.5 Å². The first-order valence-electron chi connectivity index (χ1n) is 12.9. The SMILES string of the molecule is CC[C@@H](C)NC(=O)[C@@H](CC)N(Cc1ccc(OC)cc1)C(=O)CCCN(c1ccccc1OC)S(C)(=O)=O. The Bertz CT molecular complexity index is 1150. The maximum absolute atomic E-state index is 13.6. The molecule has 0 aliphatic rings. The average Bonchev–Trinajstić information content (AvgIpc) is 2.90. The third kappa shape index (κ3) is 8.65. The second-order valence-corrected chi connectivity index (χ2v) is 11.1. The highest BCUT2D eigenvalue weighted by molar-refractivity contribution is 7.92. The van der Waals surface area contributed by atoms with E-state index in [2.05, 4.69) is 5.32 Å². The number of para-hydroxylation sites is 2. The van der Waals surface area contributed by atoms with Gasteiger partial charge in [0.2, 0.25) is 21.8 Å². The normalized spacial score (nSPS) is 12.8. The lowest BCUT2D eigenvalue weighted by molar-refractivity contribution is -0.141. The first-order chi connectivity index (χ1) is 18.0. The van der Waals surface area contributed by atoms with Crippen LogP contribution in [0.3, 0.4) is 0 Å². The summed E-state index contributed by atoms with van der Waals surface area (Å²) in [6.45, 7) is 6.14. The Balaban J connectivity index is 2.25. The van der Waals surface area contributed by atoms with Gasteiger partial charge in [0.1, 0.15) is 17.5 Å². The van der Waals surface area contributed by atoms with Crippen LogP contribution in [-0.4, -0.2) is 64.2 Å². The largest absolute Gasteiger partial charge is 0.497 e. The van der Waals surface area contributed by atoms with Crippen molar-refractivity contribution in [2.45, 2.75) is 65.1 Å². The van der Waals surface area contributed by atoms with E-state index in [1.807, 2.05) is 45.0 Å². The lowest BCUT2D eigenvalue weighted by Crippen LogP contribution is -2.50. The molecule has 2 rings (SSSR count). The summed E-state index contributed by atoms with van der Waals surface area (Å²) < 4.78 is 37.0. The molecule has 2 aromatic carbocycles. The molecule has 0 radical (unpaired) electrons. The van der Waals surface area contributed by atoms with Gasteiger partial charge in [-0.05, 0) is 56.0 Å². The molecule has 0 fully saturated rings. The molecular formula is C28H41N3O6S. The molecule has 0 bridgehead atoms. The summed E-state index contributed by atoms with van der Waals surface area (Å²) in [5.74, 6) is 0.708. The summed E-state index contributed by atoms with van der Waals surface area (Å²) in [6, 6.07) is 13.6. The fourth-order valence-corrected chi connectivity index (χ4v) is 5.08. The van der Waals surface area contributed by atoms with Gasteiger partial charge in [-0.1, -0.05) is 38.1 Å². The van der Waals surface area contributed by atoms with Crippen molar-refractivity contribution in [3.05, 3.63) is 54.1 Å². The summed E-state index contributed by atoms with van der Waals surface area (Å²) in [7, 11) is -0.556. The van der Waals surface area contributed by atoms with Crippen LogP contribution in [0.25, 0.3) is 0 Å². The van der Waals surface area contributed by atoms with Crippen LogP contribution in [0.4, 0.5) is 5.69 Å². The monoisotopic (exact) mass is 547 g/mol. The zero-order valence-electron chi connectivity index (χ0n) is 23.3. The first-order valence-corrected chi connectivity index (χ1v) is 14.7. The van der Waals surface area contributed by atoms with Gasteiger partial charge in [-0.15, -0.1) is 0 Å². The number of rotatable bonds is 15. The van der Waals surface area contributed by atoms with Crippen molar-refractivity contribution in [3.8, 4) is 11.5 Å². The second kappa shape index (κ2) is 14.6. The minimum Gasteiger partial charge on any atom is -0.497 e. The summed E-state index contributed by atoms with van der Waals surface area (Å²) >= 11 is 0. The second-order valence-electron chi connectivity index (χ2n) is 9.22. The van der Waals surface area contributed by atoms with Crippen LogP contribution in [0.2, 0.25) is 0 Å². The van der Waals surface area contributed by atoms with Crippen molar-refractivity contribution in [1.82, 2.24) is 10.2 Å². The van der Waals surface area contributed by atoms with E-state index >= 15 is 0 Å². The number of nitrogens with zero attached hydrogens (tertiary/aromatic N) is 2. The van der Waals surface area contributed by atoms with Crippen molar-refractivity contribution in [2.75, 3.05) is 31.3 Å². The van der Waals surface area contributed by atoms with Gasteiger partial charge in [-0.3, -0.25) is 13.9 Å². The number of anilines is 1. The Kier molecular flexibility index (Phi) is 11.9. The van der Waals surface area contributed by atoms with Crippen molar-refractivity contribution in [3.63, 3.8) is 0 Å². The smallest absolute Gasteiger partial charge is 0.243 e. The Hall–Kier alpha value is -3.27. The minimum absolute atomic E-state index is 0.0151. The number of hydrogen-bond acceptors (Lipinski definition) is 6. The van der Waals surface area contributed by atoms with Gasteiger partial charge < -0.3 is 19.7 Å². The molecule has 0 saturated heterocycles. The van der Waals surface area contributed by atoms with Crippen LogP contribution in [0.15, 0.2) is 48.5 Å². The highest BCUT2D eigenvalue weighted by Gasteiger charge is 2.29. The molecule has 2 amide bonds. The lowest BCUT2D eigenvalue weighted by Gasteiger charge is -2.32. The third-order valence-electron chi connectivity index (χ3n) is 6.40. The maximum atomic E-state index is 13.6. The summed E-state index contributed by atoms with van der Waals surface area (Å²) in [4.78, 5) is 28.3. The number of carbonyl (C=O) groups is 2. The molecule has 38 heavy (non-hydrogen) atoms. The number of amides is 2. The van der Waals surface area contributed by atoms with Crippen LogP contribution in [0.1, 0.15) is 52.0 Å². The molecule has 0 heterocycles. The molecule has 0 aliphatic carbocycles. The van der Waals surface area contributed by atoms with Gasteiger partial charge in [0.15, 0.2) is 0 Å². The molecule has 0 aliphatic heterocycles. The first kappa shape index (κ1) is 31.0. The lowest BCUT2D eigenvalue weighted by atomic mass is 10.1. The Morgan fingerprint density at radius 1 is 0.974 bits per heavy atom. The van der Waals surface area contributed by atoms with Crippen LogP contribution in [-0.2, 0) is 26.2 Å². The minimum atomic E-state index is -3.62. The number of hydrogen-bond donors (Lipinski definition) is 1. The average molecular weight is 548 g/mol. The topological polar surface area (TPSA) is 105 Å². The number of sulfonamides is 1. The van der Waals surface area contributed by atoms with E-state index in [0.717, 1.165) is 18.2 Å². The van der Waals surface area contributed by atoms with Gasteiger partial charge in [0, 0.05) is 25.6 Å². The van der Waals surface area contributed by atoms with Gasteiger partial charge in [-0.25, -0.2) is 8.42 Å². The van der Waals surface area contributed by atoms with E-state index in [-0.39, 0.29) is 43.8 Å². The number of carbonyl (C=O) groups excluding carboxylic acids is 2. The molecule has 0 unspecified atom stereocenters. The fraction of sp³-hybridized carbons (Fsp3) is 0.500. The van der Waals surface area contributed by atoms with Gasteiger partial charge in [0.05, 0.1) is 26.2 Å². The Labute approximate surface area is 227 Å². The van der Waals surface area contributed by atoms with E-state index < -0.39 is 16.1 Å². The van der Waals surface area contributed by atoms with Crippen LogP contribution < -0.4 is 19.1 Å². The fourth-order valence-electron chi connectivity index (χ4n) is 4.11. The summed E-state index contributed by atoms with van der Waals surface area (Å²) in [5, 5.41) is 2.99. The highest BCUT2D eigenvalue weighted by atomic mass is 32.2. The Morgan fingerprint density at radius 2 is 1.63 bits per heavy atom. The van der Waals surface area contributed by atoms with Crippen molar-refractivity contribution in [1.29, 1.82) is 0 Å². The van der Waals surface area contributed by atoms with Gasteiger partial charge in [-0.2, -0.15) is 0 Å². The van der Waals surface area contributed by atoms with E-state index in [4.69, 9.17) is 9.47 Å². The Morgan fingerprint density at radius 3 is 2.18 bits per heavy atom. The van der Waals surface area contributed by atoms with E-state index in [1.54, 1.807) is 36.3 Å². The van der Waals surface area contributed by atoms with Crippen LogP contribution >= 0.6 is 0 Å². The molecule has 9 nitrogen and oxygen atoms in total. The van der Waals surface area contributed by atoms with Crippen molar-refractivity contribution in [2.24, 2.45) is 0 Å². The maximum Gasteiger partial charge on any atom is 0.243 e. The summed E-state index contributed by atoms with van der Waals surface area (Å²) in [5.41, 5.74) is 1.28. The molecule has 0 spiro atoms. The van der Waals surface area contributed by atoms with Gasteiger partial charge in [0.25, 0.3) is 0 Å². The molecule has 2 aromatic rings. The number of nitrogens with one attached hydrogen (secondary N) is 1. The third-order valence-corrected chi connectivity index (χ3v) is 7.58. The quantitative estimate of drug-likeness (QED) is 0.362. The molecule has 10 heteroatoms. The van der Waals surface area contributed by atoms with Gasteiger partial charge >= 0.3 is 0 Å². The number of methoxy groups -OCH3 is 2. The predicted octanol–water partition coefficient (Wildman–Crippen LogP) is 3.97. The molecule has 0 aromatic heterocycles. The summed E-state index contributed by atoms with van der Waals surface area (Å²) in [6.07, 6.45) is 2.69. The zero-order valence-corrected chi connectivity index (χ0v) is 24.1. The van der Waals surface area contributed by atoms with Crippen molar-refractivity contribution >= 4 is 27.5 Å². The standard InChI is InChI=1S/C28H41N3O6S/c1-7-21(3)29-28(33)24(8-2)30(20-22-15-17-23(36-4)18-16-22)27(32)14-11-19-31(38(6,34)35)25-12-9-10-13-26(25)37-5/h9-10,12-13,15-18,21,24H,7-8,11,14,19-20H2,1-6H3,(H,29,33)/t21-,24-/m1/s1. The number of benzene rings is 2. The number of ether oxygens (including phenoxy) is 2. The molecule has 0 saturated carbocycles. The van der Waals surface area contributed by atoms with Crippen LogP contribution in [0, 0.1) is 0 Å². The zero-order chi connectivity index (χ0) is 28.3. The van der Waals surface area contributed by atoms with E-state index in [9.17, 15) is 18.0 Å². The molecule has 2 atom stereocenters. The predicted molar refractivity (Wildman–Crippen MR) is 150 cm³/mol. The molecule has 210 valence electrons. The highest BCUT2D eigenvalue weighted by Crippen LogP contribution is 2.30. The van der Waals surface area contributed by atoms with Crippen molar-refractivity contribution < 1.29 is 27.5 Å². The molecular weight excluding hydrogens is 506 g/mol. The molecule has 1 N–H and O–H groups in total. The van der Waals surface area contributed by atoms with E-state index in [1.165, 1.54) is 11.4 Å².